The van der Waals surface area contributed by atoms with E-state index >= 15 is 0 Å². The van der Waals surface area contributed by atoms with Crippen molar-refractivity contribution in [2.24, 2.45) is 44.6 Å². The summed E-state index contributed by atoms with van der Waals surface area (Å²) in [6.45, 7) is 4.44. The van der Waals surface area contributed by atoms with E-state index in [1.165, 1.54) is 0 Å². The zero-order valence-corrected chi connectivity index (χ0v) is 40.7. The zero-order chi connectivity index (χ0) is 53.9. The first-order valence-electron chi connectivity index (χ1n) is 23.5. The Balaban J connectivity index is 1.60. The molecule has 0 fully saturated rings. The van der Waals surface area contributed by atoms with Gasteiger partial charge in [-0.1, -0.05) is 50.2 Å². The van der Waals surface area contributed by atoms with E-state index in [-0.39, 0.29) is 57.1 Å². The molecule has 4 rings (SSSR count). The molecule has 21 N–H and O–H groups in total. The smallest absolute Gasteiger partial charge is 0.326 e. The molecule has 0 aliphatic rings. The van der Waals surface area contributed by atoms with Gasteiger partial charge >= 0.3 is 11.9 Å². The number of carboxylic acids is 2. The third-order valence-corrected chi connectivity index (χ3v) is 11.7. The molecule has 26 nitrogen and oxygen atoms in total. The quantitative estimate of drug-likeness (QED) is 0.0150. The maximum Gasteiger partial charge on any atom is 0.326 e. The van der Waals surface area contributed by atoms with Gasteiger partial charge in [-0.3, -0.25) is 43.5 Å². The molecule has 0 aliphatic heterocycles. The SMILES string of the molecule is CC(C)[C@H](NC(=O)[C@H](Cc1c[nH]c2ccccc12)NC(=O)[C@@H](NC(=O)[C@H](CC(=O)O)NC(=O)[C@H](CCCN=C(N)N)NC(=O)[C@H](Cc1c[nH]c2ccccc12)NC(=O)[C@@H](N)CCCN=C(N)N)[C@@H](C)O)C(=O)O. The molecule has 73 heavy (non-hydrogen) atoms. The lowest BCUT2D eigenvalue weighted by Crippen LogP contribution is -2.62. The number of nitrogens with zero attached hydrogens (tertiary/aromatic N) is 2. The number of amides is 6. The summed E-state index contributed by atoms with van der Waals surface area (Å²) in [4.78, 5) is 122. The number of nitrogens with two attached hydrogens (primary N) is 5. The van der Waals surface area contributed by atoms with E-state index in [9.17, 15) is 53.7 Å². The molecule has 0 saturated heterocycles. The number of carboxylic acid groups (broad SMARTS) is 2. The van der Waals surface area contributed by atoms with E-state index in [1.54, 1.807) is 68.7 Å². The van der Waals surface area contributed by atoms with Crippen LogP contribution in [-0.4, -0.2) is 146 Å². The number of aromatic amines is 2. The lowest BCUT2D eigenvalue weighted by Gasteiger charge is -2.28. The largest absolute Gasteiger partial charge is 0.481 e. The number of hydrogen-bond acceptors (Lipinski definition) is 12. The molecule has 26 heteroatoms. The van der Waals surface area contributed by atoms with Crippen LogP contribution in [0.2, 0.25) is 0 Å². The van der Waals surface area contributed by atoms with Crippen LogP contribution in [0.1, 0.15) is 64.0 Å². The first kappa shape index (κ1) is 57.3. The minimum absolute atomic E-state index is 0.0236. The van der Waals surface area contributed by atoms with Gasteiger partial charge in [0.25, 0.3) is 0 Å². The van der Waals surface area contributed by atoms with E-state index < -0.39 is 108 Å². The number of aromatic nitrogens is 2. The molecule has 0 spiro atoms. The fourth-order valence-electron chi connectivity index (χ4n) is 7.78. The molecule has 0 radical (unpaired) electrons. The van der Waals surface area contributed by atoms with Crippen LogP contribution in [-0.2, 0) is 51.2 Å². The van der Waals surface area contributed by atoms with Crippen molar-refractivity contribution >= 4 is 81.1 Å². The van der Waals surface area contributed by atoms with Gasteiger partial charge in [0, 0.05) is 60.1 Å². The Kier molecular flexibility index (Phi) is 21.5. The maximum absolute atomic E-state index is 14.3. The second-order valence-corrected chi connectivity index (χ2v) is 17.8. The highest BCUT2D eigenvalue weighted by Crippen LogP contribution is 2.21. The Hall–Kier alpha value is -8.26. The zero-order valence-electron chi connectivity index (χ0n) is 40.7. The average Bonchev–Trinajstić information content (AvgIpc) is 3.94. The molecular formula is C47H67N15O11. The molecule has 0 unspecified atom stereocenters. The Morgan fingerprint density at radius 2 is 0.986 bits per heavy atom. The van der Waals surface area contributed by atoms with Crippen molar-refractivity contribution in [1.82, 2.24) is 41.9 Å². The van der Waals surface area contributed by atoms with Crippen molar-refractivity contribution in [3.63, 3.8) is 0 Å². The molecular weight excluding hydrogens is 951 g/mol. The molecule has 0 saturated carbocycles. The Morgan fingerprint density at radius 1 is 0.562 bits per heavy atom. The summed E-state index contributed by atoms with van der Waals surface area (Å²) < 4.78 is 0. The van der Waals surface area contributed by atoms with E-state index in [4.69, 9.17) is 28.7 Å². The molecule has 0 bridgehead atoms. The second kappa shape index (κ2) is 27.4. The number of aliphatic hydroxyl groups is 1. The molecule has 396 valence electrons. The van der Waals surface area contributed by atoms with Gasteiger partial charge in [0.15, 0.2) is 11.9 Å². The van der Waals surface area contributed by atoms with Gasteiger partial charge < -0.3 is 85.9 Å². The summed E-state index contributed by atoms with van der Waals surface area (Å²) in [6.07, 6.45) is 0.571. The van der Waals surface area contributed by atoms with Crippen LogP contribution in [0.3, 0.4) is 0 Å². The number of aliphatic carboxylic acids is 2. The normalized spacial score (nSPS) is 14.5. The summed E-state index contributed by atoms with van der Waals surface area (Å²) in [7, 11) is 0. The number of H-pyrrole nitrogens is 2. The minimum Gasteiger partial charge on any atom is -0.481 e. The van der Waals surface area contributed by atoms with Crippen LogP contribution < -0.4 is 60.6 Å². The molecule has 4 aromatic rings. The van der Waals surface area contributed by atoms with E-state index in [0.29, 0.717) is 28.5 Å². The van der Waals surface area contributed by atoms with Gasteiger partial charge in [0.05, 0.1) is 18.6 Å². The van der Waals surface area contributed by atoms with E-state index in [2.05, 4.69) is 51.9 Å². The minimum atomic E-state index is -1.94. The van der Waals surface area contributed by atoms with Crippen LogP contribution in [0.15, 0.2) is 70.9 Å². The van der Waals surface area contributed by atoms with Gasteiger partial charge in [-0.25, -0.2) is 4.79 Å². The van der Waals surface area contributed by atoms with Crippen LogP contribution >= 0.6 is 0 Å². The third-order valence-electron chi connectivity index (χ3n) is 11.7. The molecule has 6 amide bonds. The highest BCUT2D eigenvalue weighted by molar-refractivity contribution is 5.99. The molecule has 2 heterocycles. The first-order chi connectivity index (χ1) is 34.6. The number of fused-ring (bicyclic) bond motifs is 2. The van der Waals surface area contributed by atoms with Crippen molar-refractivity contribution < 1.29 is 53.7 Å². The number of benzene rings is 2. The van der Waals surface area contributed by atoms with Crippen molar-refractivity contribution in [3.8, 4) is 0 Å². The van der Waals surface area contributed by atoms with Crippen LogP contribution in [0, 0.1) is 5.92 Å². The monoisotopic (exact) mass is 1020 g/mol. The molecule has 0 aliphatic carbocycles. The number of rotatable bonds is 29. The first-order valence-corrected chi connectivity index (χ1v) is 23.5. The maximum atomic E-state index is 14.3. The van der Waals surface area contributed by atoms with Crippen LogP contribution in [0.25, 0.3) is 21.8 Å². The van der Waals surface area contributed by atoms with Gasteiger partial charge in [-0.2, -0.15) is 0 Å². The van der Waals surface area contributed by atoms with E-state index in [0.717, 1.165) is 17.8 Å². The predicted octanol–water partition coefficient (Wildman–Crippen LogP) is -2.63. The lowest BCUT2D eigenvalue weighted by molar-refractivity contribution is -0.143. The standard InChI is InChI=1S/C47H67N15O11/c1-23(2)37(45(72)73)61-42(69)34(19-26-22-56-31-14-7-5-11-28(26)31)60-44(71)38(24(3)63)62-43(70)35(20-36(64)65)59-40(67)32(15-9-17-54-47(51)52)57-41(68)33(18-25-21-55-30-13-6-4-10-27(25)30)58-39(66)29(48)12-8-16-53-46(49)50/h4-7,10-11,13-14,21-24,29,32-35,37-38,55-56,63H,8-9,12,15-20,48H2,1-3H3,(H,57,68)(H,58,66)(H,59,67)(H,60,71)(H,61,69)(H,62,70)(H,64,65)(H,72,73)(H4,49,50,53)(H4,51,52,54)/t24-,29+,32+,33+,34+,35+,37+,38+/m1/s1. The predicted molar refractivity (Wildman–Crippen MR) is 270 cm³/mol. The summed E-state index contributed by atoms with van der Waals surface area (Å²) in [5, 5.41) is 46.8. The number of guanidine groups is 2. The number of para-hydroxylation sites is 2. The number of carbonyl (C=O) groups is 8. The van der Waals surface area contributed by atoms with Gasteiger partial charge in [-0.05, 0) is 61.8 Å². The number of carbonyl (C=O) groups excluding carboxylic acids is 6. The summed E-state index contributed by atoms with van der Waals surface area (Å²) in [6, 6.07) is 3.64. The van der Waals surface area contributed by atoms with Gasteiger partial charge in [0.1, 0.15) is 36.3 Å². The molecule has 8 atom stereocenters. The fourth-order valence-corrected chi connectivity index (χ4v) is 7.78. The van der Waals surface area contributed by atoms with Crippen LogP contribution in [0.5, 0.6) is 0 Å². The lowest BCUT2D eigenvalue weighted by atomic mass is 10.0. The second-order valence-electron chi connectivity index (χ2n) is 17.8. The summed E-state index contributed by atoms with van der Waals surface area (Å²) in [5.41, 5.74) is 30.6. The highest BCUT2D eigenvalue weighted by atomic mass is 16.4. The highest BCUT2D eigenvalue weighted by Gasteiger charge is 2.36. The van der Waals surface area contributed by atoms with Crippen molar-refractivity contribution in [2.45, 2.75) is 114 Å². The van der Waals surface area contributed by atoms with E-state index in [1.807, 2.05) is 6.07 Å². The Bertz CT molecular complexity index is 2640. The Labute approximate surface area is 419 Å². The van der Waals surface area contributed by atoms with Crippen molar-refractivity contribution in [3.05, 3.63) is 72.1 Å². The fraction of sp³-hybridized carbons (Fsp3) is 0.447. The van der Waals surface area contributed by atoms with Crippen molar-refractivity contribution in [2.75, 3.05) is 13.1 Å². The third kappa shape index (κ3) is 17.5. The number of hydrogen-bond donors (Lipinski definition) is 16. The Morgan fingerprint density at radius 3 is 1.47 bits per heavy atom. The number of aliphatic hydroxyl groups excluding tert-OH is 1. The van der Waals surface area contributed by atoms with Gasteiger partial charge in [-0.15, -0.1) is 0 Å². The topological polar surface area (TPSA) is 456 Å². The van der Waals surface area contributed by atoms with Gasteiger partial charge in [0.2, 0.25) is 35.4 Å². The van der Waals surface area contributed by atoms with Crippen molar-refractivity contribution in [1.29, 1.82) is 0 Å². The number of nitrogens with one attached hydrogen (secondary N) is 8. The van der Waals surface area contributed by atoms with Crippen LogP contribution in [0.4, 0.5) is 0 Å². The summed E-state index contributed by atoms with van der Waals surface area (Å²) >= 11 is 0. The molecule has 2 aromatic heterocycles. The molecule has 2 aromatic carbocycles. The number of aliphatic imine (C=N–C) groups is 2. The average molecular weight is 1020 g/mol. The summed E-state index contributed by atoms with van der Waals surface area (Å²) in [5.74, 6) is -9.81.